The van der Waals surface area contributed by atoms with Gasteiger partial charge >= 0.3 is 0 Å². The van der Waals surface area contributed by atoms with E-state index in [0.29, 0.717) is 5.95 Å². The molecule has 6 nitrogen and oxygen atoms in total. The molecule has 0 fully saturated rings. The normalized spacial score (nSPS) is 13.8. The van der Waals surface area contributed by atoms with E-state index in [1.54, 1.807) is 4.68 Å². The number of hydrogen-bond donors (Lipinski definition) is 2. The number of aryl methyl sites for hydroxylation is 1. The summed E-state index contributed by atoms with van der Waals surface area (Å²) < 4.78 is 1.76. The fourth-order valence-electron chi connectivity index (χ4n) is 2.77. The van der Waals surface area contributed by atoms with Crippen LogP contribution in [0.3, 0.4) is 0 Å². The SMILES string of the molecule is CC(=O)Nc1nc2n(n1)C=C(c1ccc3[nH]ccc3c1)CC2. The Labute approximate surface area is 126 Å². The molecule has 3 aromatic rings. The number of allylic oxidation sites excluding steroid dienone is 1. The highest BCUT2D eigenvalue weighted by Crippen LogP contribution is 2.28. The van der Waals surface area contributed by atoms with Crippen LogP contribution in [0.5, 0.6) is 0 Å². The summed E-state index contributed by atoms with van der Waals surface area (Å²) in [6, 6.07) is 8.44. The minimum Gasteiger partial charge on any atom is -0.361 e. The third kappa shape index (κ3) is 2.18. The Morgan fingerprint density at radius 2 is 2.23 bits per heavy atom. The van der Waals surface area contributed by atoms with Gasteiger partial charge in [-0.1, -0.05) is 6.07 Å². The van der Waals surface area contributed by atoms with E-state index in [0.717, 1.165) is 24.2 Å². The number of nitrogens with zero attached hydrogens (tertiary/aromatic N) is 3. The molecule has 110 valence electrons. The minimum atomic E-state index is -0.162. The Kier molecular flexibility index (Phi) is 2.82. The summed E-state index contributed by atoms with van der Waals surface area (Å²) in [6.07, 6.45) is 5.65. The van der Waals surface area contributed by atoms with Crippen molar-refractivity contribution in [2.24, 2.45) is 0 Å². The molecule has 3 heterocycles. The monoisotopic (exact) mass is 293 g/mol. The van der Waals surface area contributed by atoms with Crippen LogP contribution in [0.4, 0.5) is 5.95 Å². The second-order valence-corrected chi connectivity index (χ2v) is 5.41. The third-order valence-corrected chi connectivity index (χ3v) is 3.81. The first-order valence-corrected chi connectivity index (χ1v) is 7.20. The zero-order valence-corrected chi connectivity index (χ0v) is 12.1. The summed E-state index contributed by atoms with van der Waals surface area (Å²) in [4.78, 5) is 18.6. The zero-order valence-electron chi connectivity index (χ0n) is 12.1. The predicted molar refractivity (Wildman–Crippen MR) is 85.1 cm³/mol. The fourth-order valence-corrected chi connectivity index (χ4v) is 2.77. The number of carbonyl (C=O) groups is 1. The van der Waals surface area contributed by atoms with Crippen LogP contribution in [0.15, 0.2) is 30.5 Å². The Morgan fingerprint density at radius 3 is 3.09 bits per heavy atom. The number of rotatable bonds is 2. The first-order valence-electron chi connectivity index (χ1n) is 7.20. The lowest BCUT2D eigenvalue weighted by molar-refractivity contribution is -0.114. The largest absolute Gasteiger partial charge is 0.361 e. The maximum absolute atomic E-state index is 11.1. The molecule has 0 radical (unpaired) electrons. The molecule has 1 aliphatic heterocycles. The van der Waals surface area contributed by atoms with E-state index in [1.807, 2.05) is 12.4 Å². The van der Waals surface area contributed by atoms with E-state index >= 15 is 0 Å². The number of fused-ring (bicyclic) bond motifs is 2. The Morgan fingerprint density at radius 1 is 1.32 bits per heavy atom. The van der Waals surface area contributed by atoms with Crippen LogP contribution >= 0.6 is 0 Å². The lowest BCUT2D eigenvalue weighted by atomic mass is 9.99. The van der Waals surface area contributed by atoms with Crippen molar-refractivity contribution in [1.29, 1.82) is 0 Å². The van der Waals surface area contributed by atoms with Crippen LogP contribution in [0.1, 0.15) is 24.7 Å². The van der Waals surface area contributed by atoms with Crippen molar-refractivity contribution in [1.82, 2.24) is 19.7 Å². The van der Waals surface area contributed by atoms with E-state index in [9.17, 15) is 4.79 Å². The van der Waals surface area contributed by atoms with Crippen LogP contribution < -0.4 is 5.32 Å². The average Bonchev–Trinajstić information content (AvgIpc) is 3.10. The number of nitrogens with one attached hydrogen (secondary N) is 2. The molecule has 0 spiro atoms. The van der Waals surface area contributed by atoms with Gasteiger partial charge in [0.05, 0.1) is 0 Å². The van der Waals surface area contributed by atoms with Crippen molar-refractivity contribution in [2.75, 3.05) is 5.32 Å². The molecule has 4 rings (SSSR count). The summed E-state index contributed by atoms with van der Waals surface area (Å²) in [5, 5.41) is 8.13. The molecule has 1 aromatic carbocycles. The first kappa shape index (κ1) is 12.8. The van der Waals surface area contributed by atoms with Gasteiger partial charge in [0, 0.05) is 31.3 Å². The van der Waals surface area contributed by atoms with Crippen molar-refractivity contribution in [3.63, 3.8) is 0 Å². The molecule has 0 saturated carbocycles. The maximum Gasteiger partial charge on any atom is 0.249 e. The lowest BCUT2D eigenvalue weighted by Gasteiger charge is -2.13. The highest BCUT2D eigenvalue weighted by molar-refractivity contribution is 5.88. The van der Waals surface area contributed by atoms with E-state index in [1.165, 1.54) is 23.4 Å². The maximum atomic E-state index is 11.1. The third-order valence-electron chi connectivity index (χ3n) is 3.81. The number of aromatic nitrogens is 4. The minimum absolute atomic E-state index is 0.162. The number of hydrogen-bond acceptors (Lipinski definition) is 3. The van der Waals surface area contributed by atoms with E-state index in [4.69, 9.17) is 0 Å². The second-order valence-electron chi connectivity index (χ2n) is 5.41. The quantitative estimate of drug-likeness (QED) is 0.762. The summed E-state index contributed by atoms with van der Waals surface area (Å²) in [7, 11) is 0. The molecule has 2 aromatic heterocycles. The van der Waals surface area contributed by atoms with Gasteiger partial charge in [-0.3, -0.25) is 10.1 Å². The number of aromatic amines is 1. The Bertz CT molecular complexity index is 902. The van der Waals surface area contributed by atoms with Crippen molar-refractivity contribution in [3.8, 4) is 0 Å². The van der Waals surface area contributed by atoms with Gasteiger partial charge in [-0.05, 0) is 41.1 Å². The fraction of sp³-hybridized carbons (Fsp3) is 0.188. The molecule has 22 heavy (non-hydrogen) atoms. The standard InChI is InChI=1S/C16H15N5O/c1-10(22)18-16-19-15-5-3-13(9-21(15)20-16)11-2-4-14-12(8-11)6-7-17-14/h2,4,6-9,17H,3,5H2,1H3,(H,18,20,22). The number of anilines is 1. The van der Waals surface area contributed by atoms with Gasteiger partial charge in [0.15, 0.2) is 0 Å². The predicted octanol–water partition coefficient (Wildman–Crippen LogP) is 2.66. The van der Waals surface area contributed by atoms with Gasteiger partial charge in [-0.15, -0.1) is 5.10 Å². The molecule has 0 aliphatic carbocycles. The molecule has 1 amide bonds. The first-order chi connectivity index (χ1) is 10.7. The number of carbonyl (C=O) groups excluding carboxylic acids is 1. The van der Waals surface area contributed by atoms with Crippen LogP contribution in [0.2, 0.25) is 0 Å². The number of amides is 1. The number of benzene rings is 1. The Hall–Kier alpha value is -2.89. The van der Waals surface area contributed by atoms with Crippen molar-refractivity contribution < 1.29 is 4.79 Å². The summed E-state index contributed by atoms with van der Waals surface area (Å²) in [5.74, 6) is 1.07. The molecule has 2 N–H and O–H groups in total. The Balaban J connectivity index is 1.70. The highest BCUT2D eigenvalue weighted by atomic mass is 16.1. The number of H-pyrrole nitrogens is 1. The molecular weight excluding hydrogens is 278 g/mol. The van der Waals surface area contributed by atoms with Crippen LogP contribution in [0, 0.1) is 0 Å². The summed E-state index contributed by atoms with van der Waals surface area (Å²) >= 11 is 0. The second kappa shape index (κ2) is 4.84. The van der Waals surface area contributed by atoms with Crippen molar-refractivity contribution >= 4 is 34.5 Å². The van der Waals surface area contributed by atoms with Crippen LogP contribution in [0.25, 0.3) is 22.7 Å². The van der Waals surface area contributed by atoms with Crippen molar-refractivity contribution in [2.45, 2.75) is 19.8 Å². The van der Waals surface area contributed by atoms with Gasteiger partial charge in [0.2, 0.25) is 11.9 Å². The molecular formula is C16H15N5O. The molecule has 0 saturated heterocycles. The topological polar surface area (TPSA) is 75.6 Å². The van der Waals surface area contributed by atoms with E-state index in [-0.39, 0.29) is 5.91 Å². The summed E-state index contributed by atoms with van der Waals surface area (Å²) in [6.45, 7) is 1.45. The smallest absolute Gasteiger partial charge is 0.249 e. The van der Waals surface area contributed by atoms with Gasteiger partial charge < -0.3 is 4.98 Å². The van der Waals surface area contributed by atoms with Gasteiger partial charge in [-0.25, -0.2) is 4.68 Å². The molecule has 6 heteroatoms. The van der Waals surface area contributed by atoms with Crippen LogP contribution in [-0.2, 0) is 11.2 Å². The highest BCUT2D eigenvalue weighted by Gasteiger charge is 2.16. The molecule has 0 atom stereocenters. The summed E-state index contributed by atoms with van der Waals surface area (Å²) in [5.41, 5.74) is 3.54. The van der Waals surface area contributed by atoms with E-state index < -0.39 is 0 Å². The zero-order chi connectivity index (χ0) is 15.1. The molecule has 0 unspecified atom stereocenters. The average molecular weight is 293 g/mol. The van der Waals surface area contributed by atoms with E-state index in [2.05, 4.69) is 44.6 Å². The van der Waals surface area contributed by atoms with Crippen molar-refractivity contribution in [3.05, 3.63) is 41.9 Å². The molecule has 1 aliphatic rings. The van der Waals surface area contributed by atoms with Gasteiger partial charge in [-0.2, -0.15) is 4.98 Å². The van der Waals surface area contributed by atoms with Gasteiger partial charge in [0.25, 0.3) is 0 Å². The molecule has 0 bridgehead atoms. The van der Waals surface area contributed by atoms with Crippen LogP contribution in [-0.4, -0.2) is 25.7 Å². The lowest BCUT2D eigenvalue weighted by Crippen LogP contribution is -2.07. The van der Waals surface area contributed by atoms with Gasteiger partial charge in [0.1, 0.15) is 5.82 Å².